The van der Waals surface area contributed by atoms with E-state index in [0.29, 0.717) is 5.69 Å². The highest BCUT2D eigenvalue weighted by atomic mass is 32.2. The van der Waals surface area contributed by atoms with Gasteiger partial charge in [-0.2, -0.15) is 11.8 Å². The second kappa shape index (κ2) is 4.83. The molecule has 94 valence electrons. The van der Waals surface area contributed by atoms with Gasteiger partial charge in [-0.05, 0) is 18.2 Å². The van der Waals surface area contributed by atoms with Crippen molar-refractivity contribution >= 4 is 27.5 Å². The van der Waals surface area contributed by atoms with Gasteiger partial charge in [0.2, 0.25) is 10.0 Å². The summed E-state index contributed by atoms with van der Waals surface area (Å²) >= 11 is 1.83. The summed E-state index contributed by atoms with van der Waals surface area (Å²) in [4.78, 5) is 1.73. The summed E-state index contributed by atoms with van der Waals surface area (Å²) in [5.74, 6) is 1.37. The number of sulfonamides is 1. The van der Waals surface area contributed by atoms with Crippen molar-refractivity contribution < 1.29 is 12.8 Å². The van der Waals surface area contributed by atoms with E-state index < -0.39 is 15.8 Å². The molecule has 17 heavy (non-hydrogen) atoms. The van der Waals surface area contributed by atoms with Crippen LogP contribution in [0.2, 0.25) is 0 Å². The molecule has 0 atom stereocenters. The first-order valence-electron chi connectivity index (χ1n) is 5.13. The van der Waals surface area contributed by atoms with E-state index in [1.807, 2.05) is 16.7 Å². The molecule has 2 N–H and O–H groups in total. The van der Waals surface area contributed by atoms with Crippen LogP contribution in [0.3, 0.4) is 0 Å². The molecule has 2 rings (SSSR count). The lowest BCUT2D eigenvalue weighted by Crippen LogP contribution is -2.33. The molecule has 1 fully saturated rings. The number of nitrogens with two attached hydrogens (primary N) is 1. The molecule has 1 heterocycles. The van der Waals surface area contributed by atoms with Gasteiger partial charge in [0.1, 0.15) is 5.82 Å². The lowest BCUT2D eigenvalue weighted by atomic mass is 10.2. The van der Waals surface area contributed by atoms with Crippen molar-refractivity contribution in [1.29, 1.82) is 0 Å². The minimum absolute atomic E-state index is 0.190. The molecule has 0 aliphatic carbocycles. The van der Waals surface area contributed by atoms with Crippen molar-refractivity contribution in [3.63, 3.8) is 0 Å². The van der Waals surface area contributed by atoms with Gasteiger partial charge in [0.05, 0.1) is 10.6 Å². The minimum Gasteiger partial charge on any atom is -0.368 e. The number of thioether (sulfide) groups is 1. The number of hydrogen-bond acceptors (Lipinski definition) is 4. The zero-order valence-corrected chi connectivity index (χ0v) is 10.7. The normalized spacial score (nSPS) is 17.2. The molecule has 1 aliphatic rings. The lowest BCUT2D eigenvalue weighted by Gasteiger charge is -2.28. The molecule has 0 radical (unpaired) electrons. The van der Waals surface area contributed by atoms with Gasteiger partial charge in [-0.3, -0.25) is 0 Å². The molecule has 4 nitrogen and oxygen atoms in total. The van der Waals surface area contributed by atoms with Gasteiger partial charge in [0.15, 0.2) is 0 Å². The Labute approximate surface area is 104 Å². The molecular formula is C10H13FN2O2S2. The Morgan fingerprint density at radius 2 is 1.94 bits per heavy atom. The molecule has 0 unspecified atom stereocenters. The summed E-state index contributed by atoms with van der Waals surface area (Å²) in [6, 6.07) is 3.80. The number of hydrogen-bond donors (Lipinski definition) is 1. The smallest absolute Gasteiger partial charge is 0.238 e. The molecule has 0 aromatic heterocycles. The Balaban J connectivity index is 2.31. The van der Waals surface area contributed by atoms with Crippen LogP contribution >= 0.6 is 11.8 Å². The Bertz CT molecular complexity index is 513. The second-order valence-electron chi connectivity index (χ2n) is 3.76. The standard InChI is InChI=1S/C10H13FN2O2S2/c11-9-7-8(17(12,14)15)1-2-10(9)13-3-5-16-6-4-13/h1-2,7H,3-6H2,(H2,12,14,15). The zero-order valence-electron chi connectivity index (χ0n) is 9.10. The molecule has 7 heteroatoms. The fourth-order valence-corrected chi connectivity index (χ4v) is 3.15. The summed E-state index contributed by atoms with van der Waals surface area (Å²) in [6.07, 6.45) is 0. The molecule has 0 saturated carbocycles. The predicted molar refractivity (Wildman–Crippen MR) is 67.3 cm³/mol. The van der Waals surface area contributed by atoms with Crippen molar-refractivity contribution in [2.24, 2.45) is 5.14 Å². The molecule has 1 saturated heterocycles. The Morgan fingerprint density at radius 3 is 2.47 bits per heavy atom. The fourth-order valence-electron chi connectivity index (χ4n) is 1.73. The maximum absolute atomic E-state index is 13.8. The van der Waals surface area contributed by atoms with Crippen LogP contribution in [0.1, 0.15) is 0 Å². The van der Waals surface area contributed by atoms with Gasteiger partial charge in [-0.15, -0.1) is 0 Å². The molecule has 0 spiro atoms. The highest BCUT2D eigenvalue weighted by Gasteiger charge is 2.17. The SMILES string of the molecule is NS(=O)(=O)c1ccc(N2CCSCC2)c(F)c1. The topological polar surface area (TPSA) is 63.4 Å². The fraction of sp³-hybridized carbons (Fsp3) is 0.400. The highest BCUT2D eigenvalue weighted by molar-refractivity contribution is 7.99. The second-order valence-corrected chi connectivity index (χ2v) is 6.54. The van der Waals surface area contributed by atoms with Gasteiger partial charge in [-0.25, -0.2) is 17.9 Å². The molecule has 1 aromatic rings. The number of rotatable bonds is 2. The first-order valence-corrected chi connectivity index (χ1v) is 7.83. The van der Waals surface area contributed by atoms with E-state index in [1.165, 1.54) is 12.1 Å². The third-order valence-corrected chi connectivity index (χ3v) is 4.45. The van der Waals surface area contributed by atoms with Crippen LogP contribution in [0.15, 0.2) is 23.1 Å². The average Bonchev–Trinajstić information content (AvgIpc) is 2.29. The first-order chi connectivity index (χ1) is 7.98. The Kier molecular flexibility index (Phi) is 3.60. The summed E-state index contributed by atoms with van der Waals surface area (Å²) in [5, 5.41) is 4.94. The van der Waals surface area contributed by atoms with Crippen LogP contribution in [-0.2, 0) is 10.0 Å². The molecule has 1 aromatic carbocycles. The van der Waals surface area contributed by atoms with Crippen LogP contribution in [0.4, 0.5) is 10.1 Å². The van der Waals surface area contributed by atoms with Crippen LogP contribution in [0.25, 0.3) is 0 Å². The zero-order chi connectivity index (χ0) is 12.5. The third-order valence-electron chi connectivity index (χ3n) is 2.60. The van der Waals surface area contributed by atoms with E-state index in [1.54, 1.807) is 0 Å². The van der Waals surface area contributed by atoms with Crippen molar-refractivity contribution in [3.8, 4) is 0 Å². The van der Waals surface area contributed by atoms with Gasteiger partial charge < -0.3 is 4.90 Å². The van der Waals surface area contributed by atoms with Crippen LogP contribution in [0.5, 0.6) is 0 Å². The van der Waals surface area contributed by atoms with Gasteiger partial charge in [-0.1, -0.05) is 0 Å². The summed E-state index contributed by atoms with van der Waals surface area (Å²) < 4.78 is 35.9. The van der Waals surface area contributed by atoms with Crippen LogP contribution in [0, 0.1) is 5.82 Å². The number of halogens is 1. The van der Waals surface area contributed by atoms with E-state index >= 15 is 0 Å². The van der Waals surface area contributed by atoms with E-state index in [2.05, 4.69) is 0 Å². The van der Waals surface area contributed by atoms with Gasteiger partial charge in [0, 0.05) is 24.6 Å². The predicted octanol–water partition coefficient (Wildman–Crippen LogP) is 1.03. The van der Waals surface area contributed by atoms with Crippen molar-refractivity contribution in [2.75, 3.05) is 29.5 Å². The van der Waals surface area contributed by atoms with Crippen LogP contribution in [-0.4, -0.2) is 33.0 Å². The van der Waals surface area contributed by atoms with Crippen molar-refractivity contribution in [2.45, 2.75) is 4.90 Å². The number of anilines is 1. The maximum Gasteiger partial charge on any atom is 0.238 e. The highest BCUT2D eigenvalue weighted by Crippen LogP contribution is 2.24. The summed E-state index contributed by atoms with van der Waals surface area (Å²) in [7, 11) is -3.84. The monoisotopic (exact) mass is 276 g/mol. The van der Waals surface area contributed by atoms with E-state index in [9.17, 15) is 12.8 Å². The van der Waals surface area contributed by atoms with E-state index in [4.69, 9.17) is 5.14 Å². The average molecular weight is 276 g/mol. The van der Waals surface area contributed by atoms with E-state index in [-0.39, 0.29) is 4.90 Å². The van der Waals surface area contributed by atoms with Crippen molar-refractivity contribution in [1.82, 2.24) is 0 Å². The van der Waals surface area contributed by atoms with Crippen molar-refractivity contribution in [3.05, 3.63) is 24.0 Å². The molecule has 1 aliphatic heterocycles. The molecular weight excluding hydrogens is 263 g/mol. The van der Waals surface area contributed by atoms with Crippen LogP contribution < -0.4 is 10.0 Å². The van der Waals surface area contributed by atoms with Gasteiger partial charge in [0.25, 0.3) is 0 Å². The largest absolute Gasteiger partial charge is 0.368 e. The van der Waals surface area contributed by atoms with E-state index in [0.717, 1.165) is 30.7 Å². The Hall–Kier alpha value is -0.790. The first kappa shape index (κ1) is 12.7. The molecule has 0 bridgehead atoms. The number of nitrogens with zero attached hydrogens (tertiary/aromatic N) is 1. The summed E-state index contributed by atoms with van der Waals surface area (Å²) in [5.41, 5.74) is 0.442. The maximum atomic E-state index is 13.8. The van der Waals surface area contributed by atoms with Gasteiger partial charge >= 0.3 is 0 Å². The molecule has 0 amide bonds. The minimum atomic E-state index is -3.84. The number of primary sulfonamides is 1. The quantitative estimate of drug-likeness (QED) is 0.876. The number of benzene rings is 1. The Morgan fingerprint density at radius 1 is 1.29 bits per heavy atom. The third kappa shape index (κ3) is 2.91. The lowest BCUT2D eigenvalue weighted by molar-refractivity contribution is 0.591. The summed E-state index contributed by atoms with van der Waals surface area (Å²) in [6.45, 7) is 1.55.